The van der Waals surface area contributed by atoms with Crippen LogP contribution in [0, 0.1) is 17.5 Å². The van der Waals surface area contributed by atoms with Gasteiger partial charge in [-0.2, -0.15) is 10.1 Å². The van der Waals surface area contributed by atoms with Crippen LogP contribution in [0.4, 0.5) is 18.9 Å². The van der Waals surface area contributed by atoms with E-state index in [1.54, 1.807) is 24.3 Å². The zero-order chi connectivity index (χ0) is 26.8. The SMILES string of the molecule is COc1ccc(C2=NN(C3=NC(=O)[C@@H](CC(=O)Nc4ccc(F)c(F)c4)S3)[C@H](c3ccc(F)cc3)C2)cc1. The van der Waals surface area contributed by atoms with Gasteiger partial charge in [0.2, 0.25) is 5.91 Å². The van der Waals surface area contributed by atoms with Gasteiger partial charge in [-0.3, -0.25) is 9.59 Å². The molecule has 11 heteroatoms. The molecular formula is C27H21F3N4O3S. The van der Waals surface area contributed by atoms with Crippen molar-refractivity contribution in [1.82, 2.24) is 5.01 Å². The van der Waals surface area contributed by atoms with E-state index >= 15 is 0 Å². The minimum atomic E-state index is -1.09. The Hall–Kier alpha value is -4.12. The number of nitrogens with zero attached hydrogens (tertiary/aromatic N) is 3. The second-order valence-electron chi connectivity index (χ2n) is 8.61. The van der Waals surface area contributed by atoms with Gasteiger partial charge in [-0.05, 0) is 59.7 Å². The van der Waals surface area contributed by atoms with Gasteiger partial charge in [0.15, 0.2) is 16.8 Å². The van der Waals surface area contributed by atoms with Crippen LogP contribution >= 0.6 is 11.8 Å². The summed E-state index contributed by atoms with van der Waals surface area (Å²) in [7, 11) is 1.58. The molecule has 2 heterocycles. The predicted molar refractivity (Wildman–Crippen MR) is 139 cm³/mol. The fraction of sp³-hybridized carbons (Fsp3) is 0.185. The number of rotatable bonds is 6. The number of anilines is 1. The maximum atomic E-state index is 13.6. The van der Waals surface area contributed by atoms with E-state index in [1.165, 1.54) is 18.2 Å². The van der Waals surface area contributed by atoms with E-state index in [2.05, 4.69) is 10.3 Å². The first-order chi connectivity index (χ1) is 18.3. The quantitative estimate of drug-likeness (QED) is 0.461. The number of benzene rings is 3. The lowest BCUT2D eigenvalue weighted by Crippen LogP contribution is -2.25. The summed E-state index contributed by atoms with van der Waals surface area (Å²) in [5.41, 5.74) is 2.47. The summed E-state index contributed by atoms with van der Waals surface area (Å²) in [5.74, 6) is -2.84. The van der Waals surface area contributed by atoms with Gasteiger partial charge in [0, 0.05) is 24.6 Å². The molecule has 0 aliphatic carbocycles. The topological polar surface area (TPSA) is 83.4 Å². The zero-order valence-corrected chi connectivity index (χ0v) is 20.8. The number of ether oxygens (including phenoxy) is 1. The van der Waals surface area contributed by atoms with Gasteiger partial charge in [-0.25, -0.2) is 18.2 Å². The van der Waals surface area contributed by atoms with Crippen LogP contribution in [0.2, 0.25) is 0 Å². The number of halogens is 3. The van der Waals surface area contributed by atoms with Crippen LogP contribution in [0.15, 0.2) is 76.8 Å². The molecule has 2 atom stereocenters. The molecule has 2 aliphatic heterocycles. The van der Waals surface area contributed by atoms with E-state index in [1.807, 2.05) is 24.3 Å². The number of methoxy groups -OCH3 is 1. The number of carbonyl (C=O) groups excluding carboxylic acids is 2. The number of hydrogen-bond acceptors (Lipinski definition) is 6. The summed E-state index contributed by atoms with van der Waals surface area (Å²) in [5, 5.41) is 8.34. The Labute approximate surface area is 220 Å². The molecule has 3 aromatic rings. The van der Waals surface area contributed by atoms with E-state index in [0.29, 0.717) is 17.3 Å². The lowest BCUT2D eigenvalue weighted by atomic mass is 9.98. The minimum Gasteiger partial charge on any atom is -0.497 e. The molecule has 38 heavy (non-hydrogen) atoms. The van der Waals surface area contributed by atoms with Gasteiger partial charge in [-0.1, -0.05) is 23.9 Å². The summed E-state index contributed by atoms with van der Waals surface area (Å²) in [6.45, 7) is 0. The first-order valence-corrected chi connectivity index (χ1v) is 12.5. The first kappa shape index (κ1) is 25.5. The Kier molecular flexibility index (Phi) is 7.19. The van der Waals surface area contributed by atoms with E-state index < -0.39 is 28.7 Å². The number of nitrogens with one attached hydrogen (secondary N) is 1. The van der Waals surface area contributed by atoms with Crippen molar-refractivity contribution in [3.05, 3.63) is 95.3 Å². The van der Waals surface area contributed by atoms with Crippen molar-refractivity contribution in [2.45, 2.75) is 24.1 Å². The zero-order valence-electron chi connectivity index (χ0n) is 20.0. The average molecular weight is 539 g/mol. The van der Waals surface area contributed by atoms with Gasteiger partial charge in [-0.15, -0.1) is 0 Å². The number of thioether (sulfide) groups is 1. The van der Waals surface area contributed by atoms with Gasteiger partial charge >= 0.3 is 0 Å². The van der Waals surface area contributed by atoms with Crippen molar-refractivity contribution in [2.24, 2.45) is 10.1 Å². The van der Waals surface area contributed by atoms with E-state index in [0.717, 1.165) is 40.7 Å². The molecule has 3 aromatic carbocycles. The van der Waals surface area contributed by atoms with Crippen LogP contribution in [0.3, 0.4) is 0 Å². The lowest BCUT2D eigenvalue weighted by Gasteiger charge is -2.23. The average Bonchev–Trinajstić information content (AvgIpc) is 3.51. The van der Waals surface area contributed by atoms with Crippen molar-refractivity contribution >= 4 is 40.1 Å². The summed E-state index contributed by atoms with van der Waals surface area (Å²) >= 11 is 1.10. The summed E-state index contributed by atoms with van der Waals surface area (Å²) in [6, 6.07) is 16.1. The van der Waals surface area contributed by atoms with Gasteiger partial charge in [0.1, 0.15) is 16.8 Å². The van der Waals surface area contributed by atoms with Gasteiger partial charge in [0.25, 0.3) is 5.91 Å². The third-order valence-corrected chi connectivity index (χ3v) is 7.23. The van der Waals surface area contributed by atoms with Crippen LogP contribution < -0.4 is 10.1 Å². The van der Waals surface area contributed by atoms with Crippen LogP contribution in [-0.4, -0.2) is 40.1 Å². The molecule has 7 nitrogen and oxygen atoms in total. The molecule has 0 aromatic heterocycles. The molecule has 0 saturated heterocycles. The molecule has 0 fully saturated rings. The monoisotopic (exact) mass is 538 g/mol. The molecule has 1 N–H and O–H groups in total. The molecule has 2 amide bonds. The molecule has 2 aliphatic rings. The highest BCUT2D eigenvalue weighted by Crippen LogP contribution is 2.38. The Balaban J connectivity index is 1.34. The number of hydrogen-bond donors (Lipinski definition) is 1. The Morgan fingerprint density at radius 1 is 1.05 bits per heavy atom. The van der Waals surface area contributed by atoms with E-state index in [9.17, 15) is 22.8 Å². The second-order valence-corrected chi connectivity index (χ2v) is 9.78. The molecule has 0 saturated carbocycles. The standard InChI is InChI=1S/C27H21F3N4O3S/c1-37-19-9-4-15(5-10-19)22-13-23(16-2-6-17(28)7-3-16)34(33-22)27-32-26(36)24(38-27)14-25(35)31-18-8-11-20(29)21(30)12-18/h2-12,23-24H,13-14H2,1H3,(H,31,35)/t23-,24+/m0/s1. The fourth-order valence-electron chi connectivity index (χ4n) is 4.15. The number of hydrazone groups is 1. The van der Waals surface area contributed by atoms with Crippen LogP contribution in [-0.2, 0) is 9.59 Å². The Morgan fingerprint density at radius 2 is 1.79 bits per heavy atom. The highest BCUT2D eigenvalue weighted by molar-refractivity contribution is 8.15. The largest absolute Gasteiger partial charge is 0.497 e. The Morgan fingerprint density at radius 3 is 2.47 bits per heavy atom. The van der Waals surface area contributed by atoms with Gasteiger partial charge in [0.05, 0.1) is 18.9 Å². The molecule has 0 radical (unpaired) electrons. The number of amidine groups is 1. The molecule has 0 bridgehead atoms. The van der Waals surface area contributed by atoms with Crippen molar-refractivity contribution in [1.29, 1.82) is 0 Å². The van der Waals surface area contributed by atoms with Crippen molar-refractivity contribution in [2.75, 3.05) is 12.4 Å². The highest BCUT2D eigenvalue weighted by Gasteiger charge is 2.39. The number of amides is 2. The minimum absolute atomic E-state index is 0.0788. The summed E-state index contributed by atoms with van der Waals surface area (Å²) < 4.78 is 45.5. The normalized spacial score (nSPS) is 18.8. The molecular weight excluding hydrogens is 517 g/mol. The van der Waals surface area contributed by atoms with Crippen molar-refractivity contribution < 1.29 is 27.5 Å². The molecule has 0 unspecified atom stereocenters. The third kappa shape index (κ3) is 5.42. The predicted octanol–water partition coefficient (Wildman–Crippen LogP) is 5.29. The smallest absolute Gasteiger partial charge is 0.262 e. The Bertz CT molecular complexity index is 1440. The number of carbonyl (C=O) groups is 2. The maximum absolute atomic E-state index is 13.6. The van der Waals surface area contributed by atoms with Crippen LogP contribution in [0.5, 0.6) is 5.75 Å². The summed E-state index contributed by atoms with van der Waals surface area (Å²) in [4.78, 5) is 29.4. The van der Waals surface area contributed by atoms with Crippen molar-refractivity contribution in [3.8, 4) is 5.75 Å². The number of aliphatic imine (C=N–C) groups is 1. The molecule has 5 rings (SSSR count). The van der Waals surface area contributed by atoms with Crippen LogP contribution in [0.25, 0.3) is 0 Å². The molecule has 0 spiro atoms. The third-order valence-electron chi connectivity index (χ3n) is 6.09. The second kappa shape index (κ2) is 10.7. The maximum Gasteiger partial charge on any atom is 0.262 e. The first-order valence-electron chi connectivity index (χ1n) is 11.6. The lowest BCUT2D eigenvalue weighted by molar-refractivity contribution is -0.121. The highest BCUT2D eigenvalue weighted by atomic mass is 32.2. The van der Waals surface area contributed by atoms with E-state index in [-0.39, 0.29) is 24.0 Å². The van der Waals surface area contributed by atoms with Gasteiger partial charge < -0.3 is 10.1 Å². The summed E-state index contributed by atoms with van der Waals surface area (Å²) in [6.07, 6.45) is 0.257. The van der Waals surface area contributed by atoms with E-state index in [4.69, 9.17) is 9.84 Å². The fourth-order valence-corrected chi connectivity index (χ4v) is 5.21. The molecule has 194 valence electrons. The van der Waals surface area contributed by atoms with Crippen molar-refractivity contribution in [3.63, 3.8) is 0 Å². The van der Waals surface area contributed by atoms with Crippen LogP contribution in [0.1, 0.15) is 30.0 Å².